The smallest absolute Gasteiger partial charge is 0.127 e. The summed E-state index contributed by atoms with van der Waals surface area (Å²) in [5.41, 5.74) is 3.73. The Labute approximate surface area is 111 Å². The second-order valence-corrected chi connectivity index (χ2v) is 4.83. The molecule has 1 N–H and O–H groups in total. The lowest BCUT2D eigenvalue weighted by molar-refractivity contribution is 0.354. The molecule has 0 saturated heterocycles. The zero-order chi connectivity index (χ0) is 13.4. The second kappa shape index (κ2) is 7.93. The molecule has 2 heteroatoms. The largest absolute Gasteiger partial charge is 0.489 e. The van der Waals surface area contributed by atoms with Crippen molar-refractivity contribution in [3.63, 3.8) is 0 Å². The van der Waals surface area contributed by atoms with Crippen LogP contribution in [0.5, 0.6) is 5.75 Å². The molecule has 0 atom stereocenters. The number of ether oxygens (including phenoxy) is 1. The molecule has 2 nitrogen and oxygen atoms in total. The van der Waals surface area contributed by atoms with E-state index in [9.17, 15) is 0 Å². The Hall–Kier alpha value is -1.28. The van der Waals surface area contributed by atoms with Gasteiger partial charge in [-0.05, 0) is 45.4 Å². The van der Waals surface area contributed by atoms with Gasteiger partial charge in [-0.15, -0.1) is 0 Å². The highest BCUT2D eigenvalue weighted by atomic mass is 16.5. The predicted octanol–water partition coefficient (Wildman–Crippen LogP) is 3.84. The lowest BCUT2D eigenvalue weighted by Crippen LogP contribution is -2.15. The lowest BCUT2D eigenvalue weighted by atomic mass is 10.1. The van der Waals surface area contributed by atoms with Gasteiger partial charge in [-0.2, -0.15) is 0 Å². The first kappa shape index (κ1) is 14.8. The molecule has 0 fully saturated rings. The summed E-state index contributed by atoms with van der Waals surface area (Å²) in [6, 6.07) is 6.32. The maximum atomic E-state index is 5.89. The summed E-state index contributed by atoms with van der Waals surface area (Å²) in [5.74, 6) is 1.03. The third-order valence-corrected chi connectivity index (χ3v) is 2.75. The molecule has 18 heavy (non-hydrogen) atoms. The van der Waals surface area contributed by atoms with Crippen LogP contribution in [0.3, 0.4) is 0 Å². The van der Waals surface area contributed by atoms with Crippen LogP contribution in [0.4, 0.5) is 0 Å². The topological polar surface area (TPSA) is 21.3 Å². The molecule has 0 radical (unpaired) electrons. The van der Waals surface area contributed by atoms with E-state index < -0.39 is 0 Å². The molecule has 0 heterocycles. The summed E-state index contributed by atoms with van der Waals surface area (Å²) in [6.07, 6.45) is 3.26. The Bertz CT molecular complexity index is 392. The molecule has 1 aromatic rings. The number of aryl methyl sites for hydroxylation is 1. The van der Waals surface area contributed by atoms with Crippen molar-refractivity contribution in [1.82, 2.24) is 5.32 Å². The molecule has 0 unspecified atom stereocenters. The number of benzene rings is 1. The van der Waals surface area contributed by atoms with Crippen LogP contribution in [0.1, 0.15) is 38.3 Å². The second-order valence-electron chi connectivity index (χ2n) is 4.83. The minimum Gasteiger partial charge on any atom is -0.489 e. The molecule has 1 aromatic carbocycles. The monoisotopic (exact) mass is 247 g/mol. The molecular weight excluding hydrogens is 222 g/mol. The van der Waals surface area contributed by atoms with E-state index in [0.717, 1.165) is 25.3 Å². The van der Waals surface area contributed by atoms with Crippen molar-refractivity contribution in [1.29, 1.82) is 0 Å². The zero-order valence-electron chi connectivity index (χ0n) is 12.0. The van der Waals surface area contributed by atoms with Gasteiger partial charge in [0, 0.05) is 12.1 Å². The van der Waals surface area contributed by atoms with Gasteiger partial charge in [-0.25, -0.2) is 0 Å². The van der Waals surface area contributed by atoms with Crippen LogP contribution >= 0.6 is 0 Å². The van der Waals surface area contributed by atoms with Gasteiger partial charge in [0.1, 0.15) is 12.4 Å². The van der Waals surface area contributed by atoms with Crippen molar-refractivity contribution in [2.24, 2.45) is 0 Å². The van der Waals surface area contributed by atoms with Gasteiger partial charge >= 0.3 is 0 Å². The standard InChI is InChI=1S/C16H25NO/c1-5-10-17-12-15-8-6-7-14(4)16(15)18-11-9-13(2)3/h6-9,17H,5,10-12H2,1-4H3. The maximum Gasteiger partial charge on any atom is 0.127 e. The number of hydrogen-bond acceptors (Lipinski definition) is 2. The van der Waals surface area contributed by atoms with E-state index in [0.29, 0.717) is 6.61 Å². The first-order valence-electron chi connectivity index (χ1n) is 6.70. The SMILES string of the molecule is CCCNCc1cccc(C)c1OCC=C(C)C. The van der Waals surface area contributed by atoms with E-state index in [1.54, 1.807) is 0 Å². The Balaban J connectivity index is 2.70. The highest BCUT2D eigenvalue weighted by Gasteiger charge is 2.05. The van der Waals surface area contributed by atoms with E-state index >= 15 is 0 Å². The van der Waals surface area contributed by atoms with E-state index in [2.05, 4.69) is 57.3 Å². The Morgan fingerprint density at radius 2 is 2.11 bits per heavy atom. The number of nitrogens with one attached hydrogen (secondary N) is 1. The highest BCUT2D eigenvalue weighted by Crippen LogP contribution is 2.23. The molecular formula is C16H25NO. The van der Waals surface area contributed by atoms with Crippen LogP contribution in [-0.4, -0.2) is 13.2 Å². The van der Waals surface area contributed by atoms with Crippen LogP contribution in [0, 0.1) is 6.92 Å². The average Bonchev–Trinajstić information content (AvgIpc) is 2.32. The van der Waals surface area contributed by atoms with Crippen molar-refractivity contribution in [3.05, 3.63) is 41.0 Å². The summed E-state index contributed by atoms with van der Waals surface area (Å²) >= 11 is 0. The predicted molar refractivity (Wildman–Crippen MR) is 78.1 cm³/mol. The highest BCUT2D eigenvalue weighted by molar-refractivity contribution is 5.40. The van der Waals surface area contributed by atoms with Gasteiger partial charge in [-0.3, -0.25) is 0 Å². The summed E-state index contributed by atoms with van der Waals surface area (Å²) < 4.78 is 5.89. The van der Waals surface area contributed by atoms with Gasteiger partial charge in [0.2, 0.25) is 0 Å². The molecule has 100 valence electrons. The van der Waals surface area contributed by atoms with E-state index in [-0.39, 0.29) is 0 Å². The average molecular weight is 247 g/mol. The van der Waals surface area contributed by atoms with E-state index in [4.69, 9.17) is 4.74 Å². The molecule has 0 aromatic heterocycles. The van der Waals surface area contributed by atoms with E-state index in [1.165, 1.54) is 16.7 Å². The fraction of sp³-hybridized carbons (Fsp3) is 0.500. The number of allylic oxidation sites excluding steroid dienone is 1. The van der Waals surface area contributed by atoms with Crippen LogP contribution < -0.4 is 10.1 Å². The minimum atomic E-state index is 0.647. The van der Waals surface area contributed by atoms with Crippen LogP contribution in [0.2, 0.25) is 0 Å². The van der Waals surface area contributed by atoms with Gasteiger partial charge in [0.25, 0.3) is 0 Å². The molecule has 0 aliphatic heterocycles. The van der Waals surface area contributed by atoms with Crippen molar-refractivity contribution in [3.8, 4) is 5.75 Å². The van der Waals surface area contributed by atoms with Crippen molar-refractivity contribution in [2.45, 2.75) is 40.7 Å². The molecule has 1 rings (SSSR count). The van der Waals surface area contributed by atoms with E-state index in [1.807, 2.05) is 0 Å². The molecule has 0 bridgehead atoms. The van der Waals surface area contributed by atoms with Crippen LogP contribution in [0.15, 0.2) is 29.8 Å². The molecule has 0 saturated carbocycles. The maximum absolute atomic E-state index is 5.89. The van der Waals surface area contributed by atoms with Crippen LogP contribution in [-0.2, 0) is 6.54 Å². The molecule has 0 amide bonds. The first-order chi connectivity index (χ1) is 8.65. The Morgan fingerprint density at radius 1 is 1.33 bits per heavy atom. The normalized spacial score (nSPS) is 10.2. The summed E-state index contributed by atoms with van der Waals surface area (Å²) in [4.78, 5) is 0. The summed E-state index contributed by atoms with van der Waals surface area (Å²) in [5, 5.41) is 3.42. The molecule has 0 aliphatic rings. The summed E-state index contributed by atoms with van der Waals surface area (Å²) in [6.45, 7) is 11.0. The summed E-state index contributed by atoms with van der Waals surface area (Å²) in [7, 11) is 0. The lowest BCUT2D eigenvalue weighted by Gasteiger charge is -2.13. The van der Waals surface area contributed by atoms with Crippen LogP contribution in [0.25, 0.3) is 0 Å². The third kappa shape index (κ3) is 4.92. The van der Waals surface area contributed by atoms with Crippen molar-refractivity contribution >= 4 is 0 Å². The minimum absolute atomic E-state index is 0.647. The zero-order valence-corrected chi connectivity index (χ0v) is 12.0. The number of para-hydroxylation sites is 1. The van der Waals surface area contributed by atoms with Gasteiger partial charge in [-0.1, -0.05) is 30.7 Å². The van der Waals surface area contributed by atoms with Gasteiger partial charge in [0.05, 0.1) is 0 Å². The van der Waals surface area contributed by atoms with Gasteiger partial charge < -0.3 is 10.1 Å². The van der Waals surface area contributed by atoms with Gasteiger partial charge in [0.15, 0.2) is 0 Å². The Morgan fingerprint density at radius 3 is 2.78 bits per heavy atom. The number of rotatable bonds is 7. The quantitative estimate of drug-likeness (QED) is 0.584. The molecule has 0 spiro atoms. The van der Waals surface area contributed by atoms with Crippen molar-refractivity contribution < 1.29 is 4.74 Å². The first-order valence-corrected chi connectivity index (χ1v) is 6.70. The van der Waals surface area contributed by atoms with Crippen molar-refractivity contribution in [2.75, 3.05) is 13.2 Å². The molecule has 0 aliphatic carbocycles. The third-order valence-electron chi connectivity index (χ3n) is 2.75. The number of hydrogen-bond donors (Lipinski definition) is 1. The fourth-order valence-corrected chi connectivity index (χ4v) is 1.75. The fourth-order valence-electron chi connectivity index (χ4n) is 1.75. The Kier molecular flexibility index (Phi) is 6.51.